The molecule has 2 amide bonds. The number of nitrogens with one attached hydrogen (secondary N) is 2. The summed E-state index contributed by atoms with van der Waals surface area (Å²) in [6.45, 7) is 2.98. The number of carbonyl (C=O) groups excluding carboxylic acids is 3. The van der Waals surface area contributed by atoms with E-state index in [2.05, 4.69) is 10.6 Å². The zero-order valence-electron chi connectivity index (χ0n) is 14.2. The van der Waals surface area contributed by atoms with Crippen LogP contribution in [0.15, 0.2) is 48.5 Å². The molecular formula is C19H20N2O4. The Morgan fingerprint density at radius 2 is 1.76 bits per heavy atom. The van der Waals surface area contributed by atoms with E-state index in [1.54, 1.807) is 24.3 Å². The van der Waals surface area contributed by atoms with Crippen LogP contribution in [0.2, 0.25) is 0 Å². The first-order valence-corrected chi connectivity index (χ1v) is 7.92. The number of esters is 1. The third-order valence-electron chi connectivity index (χ3n) is 3.43. The quantitative estimate of drug-likeness (QED) is 0.792. The topological polar surface area (TPSA) is 84.5 Å². The van der Waals surface area contributed by atoms with Crippen LogP contribution in [0, 0.1) is 0 Å². The molecule has 0 aliphatic rings. The van der Waals surface area contributed by atoms with Gasteiger partial charge in [-0.15, -0.1) is 0 Å². The maximum atomic E-state index is 12.0. The van der Waals surface area contributed by atoms with Gasteiger partial charge in [0.15, 0.2) is 6.61 Å². The number of hydrogen-bond donors (Lipinski definition) is 2. The second-order valence-corrected chi connectivity index (χ2v) is 5.40. The summed E-state index contributed by atoms with van der Waals surface area (Å²) >= 11 is 0. The van der Waals surface area contributed by atoms with E-state index in [1.165, 1.54) is 13.0 Å². The Bertz CT molecular complexity index is 786. The molecule has 130 valence electrons. The molecule has 0 aliphatic heterocycles. The van der Waals surface area contributed by atoms with Gasteiger partial charge in [0.05, 0.1) is 5.56 Å². The number of amides is 2. The lowest BCUT2D eigenvalue weighted by atomic mass is 10.1. The lowest BCUT2D eigenvalue weighted by Crippen LogP contribution is -2.21. The first-order chi connectivity index (χ1) is 12.0. The molecule has 2 aromatic carbocycles. The van der Waals surface area contributed by atoms with Gasteiger partial charge in [0.25, 0.3) is 5.91 Å². The summed E-state index contributed by atoms with van der Waals surface area (Å²) in [7, 11) is 0. The molecule has 25 heavy (non-hydrogen) atoms. The molecule has 6 nitrogen and oxygen atoms in total. The van der Waals surface area contributed by atoms with Crippen molar-refractivity contribution in [3.05, 3.63) is 59.7 Å². The van der Waals surface area contributed by atoms with Gasteiger partial charge in [-0.25, -0.2) is 4.79 Å². The highest BCUT2D eigenvalue weighted by Gasteiger charge is 2.12. The number of ether oxygens (including phenoxy) is 1. The van der Waals surface area contributed by atoms with Crippen LogP contribution in [0.1, 0.15) is 29.8 Å². The molecule has 0 saturated heterocycles. The van der Waals surface area contributed by atoms with E-state index in [-0.39, 0.29) is 18.1 Å². The highest BCUT2D eigenvalue weighted by molar-refractivity contribution is 5.97. The molecule has 0 aromatic heterocycles. The van der Waals surface area contributed by atoms with Gasteiger partial charge in [0, 0.05) is 18.3 Å². The fraction of sp³-hybridized carbons (Fsp3) is 0.211. The molecule has 0 radical (unpaired) electrons. The Labute approximate surface area is 146 Å². The summed E-state index contributed by atoms with van der Waals surface area (Å²) in [6.07, 6.45) is 0.784. The lowest BCUT2D eigenvalue weighted by Gasteiger charge is -2.10. The van der Waals surface area contributed by atoms with E-state index >= 15 is 0 Å². The average Bonchev–Trinajstić information content (AvgIpc) is 2.60. The minimum absolute atomic E-state index is 0.237. The van der Waals surface area contributed by atoms with E-state index in [0.717, 1.165) is 12.0 Å². The van der Waals surface area contributed by atoms with Crippen molar-refractivity contribution >= 4 is 29.2 Å². The second kappa shape index (κ2) is 8.63. The molecule has 2 rings (SSSR count). The zero-order chi connectivity index (χ0) is 18.2. The minimum Gasteiger partial charge on any atom is -0.452 e. The summed E-state index contributed by atoms with van der Waals surface area (Å²) in [5.41, 5.74) is 2.46. The van der Waals surface area contributed by atoms with Crippen molar-refractivity contribution in [2.45, 2.75) is 20.3 Å². The molecule has 0 aliphatic carbocycles. The number of para-hydroxylation sites is 1. The Morgan fingerprint density at radius 3 is 2.48 bits per heavy atom. The van der Waals surface area contributed by atoms with Crippen molar-refractivity contribution in [2.24, 2.45) is 0 Å². The molecule has 6 heteroatoms. The molecule has 0 unspecified atom stereocenters. The SMILES string of the molecule is CCc1ccccc1NC(=O)COC(=O)c1cccc(NC(C)=O)c1. The number of rotatable bonds is 6. The molecule has 0 heterocycles. The molecule has 2 N–H and O–H groups in total. The highest BCUT2D eigenvalue weighted by Crippen LogP contribution is 2.15. The Morgan fingerprint density at radius 1 is 1.00 bits per heavy atom. The maximum Gasteiger partial charge on any atom is 0.338 e. The maximum absolute atomic E-state index is 12.0. The molecule has 0 spiro atoms. The van der Waals surface area contributed by atoms with Gasteiger partial charge < -0.3 is 15.4 Å². The number of carbonyl (C=O) groups is 3. The van der Waals surface area contributed by atoms with E-state index < -0.39 is 11.9 Å². The third kappa shape index (κ3) is 5.46. The number of hydrogen-bond acceptors (Lipinski definition) is 4. The summed E-state index contributed by atoms with van der Waals surface area (Å²) < 4.78 is 5.03. The molecule has 0 bridgehead atoms. The summed E-state index contributed by atoms with van der Waals surface area (Å²) in [5.74, 6) is -1.28. The van der Waals surface area contributed by atoms with Crippen LogP contribution in [0.5, 0.6) is 0 Å². The third-order valence-corrected chi connectivity index (χ3v) is 3.43. The van der Waals surface area contributed by atoms with Crippen LogP contribution in [-0.4, -0.2) is 24.4 Å². The first kappa shape index (κ1) is 18.2. The van der Waals surface area contributed by atoms with Crippen LogP contribution in [0.25, 0.3) is 0 Å². The fourth-order valence-electron chi connectivity index (χ4n) is 2.28. The molecule has 0 saturated carbocycles. The van der Waals surface area contributed by atoms with E-state index in [9.17, 15) is 14.4 Å². The summed E-state index contributed by atoms with van der Waals surface area (Å²) in [6, 6.07) is 13.8. The second-order valence-electron chi connectivity index (χ2n) is 5.40. The van der Waals surface area contributed by atoms with Crippen LogP contribution >= 0.6 is 0 Å². The number of aryl methyl sites for hydroxylation is 1. The summed E-state index contributed by atoms with van der Waals surface area (Å²) in [5, 5.41) is 5.32. The average molecular weight is 340 g/mol. The first-order valence-electron chi connectivity index (χ1n) is 7.92. The molecule has 2 aromatic rings. The Balaban J connectivity index is 1.93. The van der Waals surface area contributed by atoms with Crippen molar-refractivity contribution in [1.82, 2.24) is 0 Å². The smallest absolute Gasteiger partial charge is 0.338 e. The van der Waals surface area contributed by atoms with E-state index in [4.69, 9.17) is 4.74 Å². The van der Waals surface area contributed by atoms with Crippen molar-refractivity contribution in [3.8, 4) is 0 Å². The largest absolute Gasteiger partial charge is 0.452 e. The van der Waals surface area contributed by atoms with Gasteiger partial charge in [-0.2, -0.15) is 0 Å². The predicted octanol–water partition coefficient (Wildman–Crippen LogP) is 3.00. The number of benzene rings is 2. The van der Waals surface area contributed by atoms with Gasteiger partial charge >= 0.3 is 5.97 Å². The van der Waals surface area contributed by atoms with E-state index in [0.29, 0.717) is 11.4 Å². The monoisotopic (exact) mass is 340 g/mol. The molecule has 0 fully saturated rings. The lowest BCUT2D eigenvalue weighted by molar-refractivity contribution is -0.119. The van der Waals surface area contributed by atoms with E-state index in [1.807, 2.05) is 25.1 Å². The van der Waals surface area contributed by atoms with Gasteiger partial charge in [-0.1, -0.05) is 31.2 Å². The Kier molecular flexibility index (Phi) is 6.28. The van der Waals surface area contributed by atoms with Crippen molar-refractivity contribution in [3.63, 3.8) is 0 Å². The Hall–Kier alpha value is -3.15. The molecular weight excluding hydrogens is 320 g/mol. The van der Waals surface area contributed by atoms with Crippen molar-refractivity contribution in [1.29, 1.82) is 0 Å². The van der Waals surface area contributed by atoms with Gasteiger partial charge in [0.1, 0.15) is 0 Å². The summed E-state index contributed by atoms with van der Waals surface area (Å²) in [4.78, 5) is 35.1. The van der Waals surface area contributed by atoms with Gasteiger partial charge in [-0.3, -0.25) is 9.59 Å². The predicted molar refractivity (Wildman–Crippen MR) is 95.5 cm³/mol. The van der Waals surface area contributed by atoms with Crippen LogP contribution in [0.4, 0.5) is 11.4 Å². The van der Waals surface area contributed by atoms with Crippen LogP contribution in [-0.2, 0) is 20.7 Å². The van der Waals surface area contributed by atoms with Gasteiger partial charge in [0.2, 0.25) is 5.91 Å². The minimum atomic E-state index is -0.633. The van der Waals surface area contributed by atoms with Crippen LogP contribution in [0.3, 0.4) is 0 Å². The number of anilines is 2. The van der Waals surface area contributed by atoms with Gasteiger partial charge in [-0.05, 0) is 36.2 Å². The van der Waals surface area contributed by atoms with Crippen molar-refractivity contribution in [2.75, 3.05) is 17.2 Å². The zero-order valence-corrected chi connectivity index (χ0v) is 14.2. The van der Waals surface area contributed by atoms with Crippen molar-refractivity contribution < 1.29 is 19.1 Å². The standard InChI is InChI=1S/C19H20N2O4/c1-3-14-7-4-5-10-17(14)21-18(23)12-25-19(24)15-8-6-9-16(11-15)20-13(2)22/h4-11H,3,12H2,1-2H3,(H,20,22)(H,21,23). The normalized spacial score (nSPS) is 10.0. The highest BCUT2D eigenvalue weighted by atomic mass is 16.5. The van der Waals surface area contributed by atoms with Crippen LogP contribution < -0.4 is 10.6 Å². The fourth-order valence-corrected chi connectivity index (χ4v) is 2.28. The molecule has 0 atom stereocenters.